The summed E-state index contributed by atoms with van der Waals surface area (Å²) in [5.74, 6) is 1.32. The van der Waals surface area contributed by atoms with E-state index in [1.807, 2.05) is 24.0 Å². The van der Waals surface area contributed by atoms with Gasteiger partial charge in [-0.15, -0.1) is 0 Å². The predicted octanol–water partition coefficient (Wildman–Crippen LogP) is 4.37. The van der Waals surface area contributed by atoms with Crippen molar-refractivity contribution in [3.63, 3.8) is 0 Å². The second-order valence-electron chi connectivity index (χ2n) is 6.43. The van der Waals surface area contributed by atoms with Crippen LogP contribution in [0.1, 0.15) is 38.7 Å². The van der Waals surface area contributed by atoms with Crippen molar-refractivity contribution in [3.05, 3.63) is 33.8 Å². The minimum Gasteiger partial charge on any atom is -0.339 e. The Morgan fingerprint density at radius 1 is 1.30 bits per heavy atom. The summed E-state index contributed by atoms with van der Waals surface area (Å²) in [6, 6.07) is 5.56. The van der Waals surface area contributed by atoms with Gasteiger partial charge in [0.2, 0.25) is 5.91 Å². The molecule has 0 aromatic heterocycles. The zero-order valence-corrected chi connectivity index (χ0v) is 15.5. The first-order chi connectivity index (χ1) is 11.0. The molecule has 1 aliphatic rings. The van der Waals surface area contributed by atoms with Gasteiger partial charge < -0.3 is 10.2 Å². The summed E-state index contributed by atoms with van der Waals surface area (Å²) in [7, 11) is 0. The predicted molar refractivity (Wildman–Crippen MR) is 96.9 cm³/mol. The molecule has 3 nitrogen and oxygen atoms in total. The Kier molecular flexibility index (Phi) is 7.19. The van der Waals surface area contributed by atoms with Gasteiger partial charge in [-0.05, 0) is 62.4 Å². The first-order valence-corrected chi connectivity index (χ1v) is 9.19. The third kappa shape index (κ3) is 5.37. The van der Waals surface area contributed by atoms with Crippen molar-refractivity contribution in [2.45, 2.75) is 39.7 Å². The van der Waals surface area contributed by atoms with E-state index in [2.05, 4.69) is 12.2 Å². The lowest BCUT2D eigenvalue weighted by Crippen LogP contribution is -2.35. The Morgan fingerprint density at radius 2 is 2.00 bits per heavy atom. The number of hydrogen-bond donors (Lipinski definition) is 1. The van der Waals surface area contributed by atoms with Crippen LogP contribution in [-0.2, 0) is 11.3 Å². The molecule has 0 aliphatic carbocycles. The van der Waals surface area contributed by atoms with E-state index in [4.69, 9.17) is 23.2 Å². The molecule has 1 atom stereocenters. The van der Waals surface area contributed by atoms with Crippen LogP contribution in [0.4, 0.5) is 0 Å². The molecular weight excluding hydrogens is 331 g/mol. The first kappa shape index (κ1) is 18.6. The van der Waals surface area contributed by atoms with Crippen molar-refractivity contribution in [2.24, 2.45) is 11.8 Å². The van der Waals surface area contributed by atoms with Crippen LogP contribution in [-0.4, -0.2) is 30.4 Å². The fourth-order valence-corrected chi connectivity index (χ4v) is 3.54. The van der Waals surface area contributed by atoms with Crippen LogP contribution < -0.4 is 5.32 Å². The maximum atomic E-state index is 12.6. The fraction of sp³-hybridized carbons (Fsp3) is 0.611. The van der Waals surface area contributed by atoms with E-state index in [0.29, 0.717) is 41.4 Å². The molecule has 1 aliphatic heterocycles. The molecule has 2 rings (SSSR count). The van der Waals surface area contributed by atoms with Crippen molar-refractivity contribution in [3.8, 4) is 0 Å². The molecule has 0 radical (unpaired) electrons. The number of nitrogens with one attached hydrogen (secondary N) is 1. The van der Waals surface area contributed by atoms with E-state index in [0.717, 1.165) is 18.7 Å². The van der Waals surface area contributed by atoms with E-state index in [1.165, 1.54) is 12.8 Å². The van der Waals surface area contributed by atoms with Gasteiger partial charge >= 0.3 is 0 Å². The molecule has 1 unspecified atom stereocenters. The lowest BCUT2D eigenvalue weighted by molar-refractivity contribution is -0.133. The Hall–Kier alpha value is -0.770. The highest BCUT2D eigenvalue weighted by molar-refractivity contribution is 6.42. The molecular formula is C18H26Cl2N2O. The van der Waals surface area contributed by atoms with Gasteiger partial charge in [0.1, 0.15) is 0 Å². The van der Waals surface area contributed by atoms with Crippen molar-refractivity contribution in [1.82, 2.24) is 10.2 Å². The fourth-order valence-electron chi connectivity index (χ4n) is 3.22. The molecule has 1 amide bonds. The molecule has 0 spiro atoms. The third-order valence-corrected chi connectivity index (χ3v) is 5.52. The molecule has 128 valence electrons. The van der Waals surface area contributed by atoms with Crippen molar-refractivity contribution < 1.29 is 4.79 Å². The first-order valence-electron chi connectivity index (χ1n) is 8.43. The summed E-state index contributed by atoms with van der Waals surface area (Å²) in [5.41, 5.74) is 1.02. The van der Waals surface area contributed by atoms with Crippen LogP contribution >= 0.6 is 23.2 Å². The van der Waals surface area contributed by atoms with Gasteiger partial charge in [-0.1, -0.05) is 36.2 Å². The number of benzene rings is 1. The molecule has 1 saturated heterocycles. The highest BCUT2D eigenvalue weighted by Crippen LogP contribution is 2.26. The maximum Gasteiger partial charge on any atom is 0.223 e. The summed E-state index contributed by atoms with van der Waals surface area (Å²) >= 11 is 12.0. The SMILES string of the molecule is CCN(Cc1ccc(Cl)c(Cl)c1)C(=O)CC(C)C1CCNCC1. The van der Waals surface area contributed by atoms with Crippen LogP contribution in [0, 0.1) is 11.8 Å². The Morgan fingerprint density at radius 3 is 2.61 bits per heavy atom. The smallest absolute Gasteiger partial charge is 0.223 e. The maximum absolute atomic E-state index is 12.6. The Balaban J connectivity index is 1.93. The number of piperidine rings is 1. The van der Waals surface area contributed by atoms with E-state index >= 15 is 0 Å². The minimum absolute atomic E-state index is 0.226. The van der Waals surface area contributed by atoms with Crippen molar-refractivity contribution >= 4 is 29.1 Å². The average molecular weight is 357 g/mol. The van der Waals surface area contributed by atoms with Crippen LogP contribution in [0.3, 0.4) is 0 Å². The van der Waals surface area contributed by atoms with Crippen LogP contribution in [0.15, 0.2) is 18.2 Å². The monoisotopic (exact) mass is 356 g/mol. The number of carbonyl (C=O) groups is 1. The van der Waals surface area contributed by atoms with E-state index < -0.39 is 0 Å². The summed E-state index contributed by atoms with van der Waals surface area (Å²) in [4.78, 5) is 14.5. The molecule has 5 heteroatoms. The average Bonchev–Trinajstić information content (AvgIpc) is 2.56. The molecule has 0 saturated carbocycles. The summed E-state index contributed by atoms with van der Waals surface area (Å²) in [6.45, 7) is 7.67. The van der Waals surface area contributed by atoms with Gasteiger partial charge in [-0.3, -0.25) is 4.79 Å². The van der Waals surface area contributed by atoms with E-state index in [-0.39, 0.29) is 5.91 Å². The molecule has 1 N–H and O–H groups in total. The second kappa shape index (κ2) is 8.91. The molecule has 23 heavy (non-hydrogen) atoms. The van der Waals surface area contributed by atoms with Crippen molar-refractivity contribution in [2.75, 3.05) is 19.6 Å². The third-order valence-electron chi connectivity index (χ3n) is 4.78. The molecule has 1 aromatic rings. The highest BCUT2D eigenvalue weighted by atomic mass is 35.5. The Labute approximate surface area is 149 Å². The molecule has 1 fully saturated rings. The largest absolute Gasteiger partial charge is 0.339 e. The van der Waals surface area contributed by atoms with Crippen molar-refractivity contribution in [1.29, 1.82) is 0 Å². The minimum atomic E-state index is 0.226. The number of rotatable bonds is 6. The zero-order valence-electron chi connectivity index (χ0n) is 13.9. The topological polar surface area (TPSA) is 32.3 Å². The van der Waals surface area contributed by atoms with Crippen LogP contribution in [0.5, 0.6) is 0 Å². The quantitative estimate of drug-likeness (QED) is 0.820. The van der Waals surface area contributed by atoms with Gasteiger partial charge in [0.05, 0.1) is 10.0 Å². The number of halogens is 2. The summed E-state index contributed by atoms with van der Waals surface area (Å²) < 4.78 is 0. The number of carbonyl (C=O) groups excluding carboxylic acids is 1. The highest BCUT2D eigenvalue weighted by Gasteiger charge is 2.24. The molecule has 1 aromatic carbocycles. The van der Waals surface area contributed by atoms with Gasteiger partial charge in [0.25, 0.3) is 0 Å². The lowest BCUT2D eigenvalue weighted by Gasteiger charge is -2.30. The lowest BCUT2D eigenvalue weighted by atomic mass is 9.84. The van der Waals surface area contributed by atoms with Gasteiger partial charge in [-0.2, -0.15) is 0 Å². The summed E-state index contributed by atoms with van der Waals surface area (Å²) in [5, 5.41) is 4.46. The Bertz CT molecular complexity index is 530. The van der Waals surface area contributed by atoms with E-state index in [9.17, 15) is 4.79 Å². The normalized spacial score (nSPS) is 17.0. The standard InChI is InChI=1S/C18H26Cl2N2O/c1-3-22(12-14-4-5-16(19)17(20)11-14)18(23)10-13(2)15-6-8-21-9-7-15/h4-5,11,13,15,21H,3,6-10,12H2,1-2H3. The van der Waals surface area contributed by atoms with Crippen LogP contribution in [0.25, 0.3) is 0 Å². The van der Waals surface area contributed by atoms with Gasteiger partial charge in [0.15, 0.2) is 0 Å². The number of hydrogen-bond acceptors (Lipinski definition) is 2. The van der Waals surface area contributed by atoms with Gasteiger partial charge in [0, 0.05) is 19.5 Å². The summed E-state index contributed by atoms with van der Waals surface area (Å²) in [6.07, 6.45) is 2.97. The zero-order chi connectivity index (χ0) is 16.8. The van der Waals surface area contributed by atoms with Gasteiger partial charge in [-0.25, -0.2) is 0 Å². The molecule has 0 bridgehead atoms. The molecule has 1 heterocycles. The number of nitrogens with zero attached hydrogens (tertiary/aromatic N) is 1. The van der Waals surface area contributed by atoms with E-state index in [1.54, 1.807) is 6.07 Å². The second-order valence-corrected chi connectivity index (χ2v) is 7.24. The van der Waals surface area contributed by atoms with Crippen LogP contribution in [0.2, 0.25) is 10.0 Å². The number of amides is 1.